The highest BCUT2D eigenvalue weighted by molar-refractivity contribution is 5.95. The number of ether oxygens (including phenoxy) is 2. The first-order valence-electron chi connectivity index (χ1n) is 10.5. The van der Waals surface area contributed by atoms with Gasteiger partial charge in [-0.15, -0.1) is 0 Å². The monoisotopic (exact) mass is 434 g/mol. The van der Waals surface area contributed by atoms with Gasteiger partial charge in [0, 0.05) is 38.6 Å². The van der Waals surface area contributed by atoms with Gasteiger partial charge in [-0.2, -0.15) is 8.78 Å². The number of amidine groups is 1. The molecular formula is C22H28F2N4O3. The summed E-state index contributed by atoms with van der Waals surface area (Å²) in [6.45, 7) is 3.21. The number of urea groups is 1. The Hall–Kier alpha value is -2.68. The van der Waals surface area contributed by atoms with Crippen LogP contribution in [-0.2, 0) is 11.2 Å². The van der Waals surface area contributed by atoms with Crippen LogP contribution in [-0.4, -0.2) is 81.3 Å². The molecule has 168 valence electrons. The minimum Gasteiger partial charge on any atom is -0.490 e. The average molecular weight is 434 g/mol. The van der Waals surface area contributed by atoms with Crippen LogP contribution in [0.4, 0.5) is 19.3 Å². The lowest BCUT2D eigenvalue weighted by Gasteiger charge is -2.61. The molecule has 0 radical (unpaired) electrons. The summed E-state index contributed by atoms with van der Waals surface area (Å²) in [6.07, 6.45) is 4.16. The minimum absolute atomic E-state index is 0.0197. The predicted molar refractivity (Wildman–Crippen MR) is 114 cm³/mol. The topological polar surface area (TPSA) is 57.6 Å². The lowest BCUT2D eigenvalue weighted by molar-refractivity contribution is -0.119. The van der Waals surface area contributed by atoms with Gasteiger partial charge in [0.15, 0.2) is 0 Å². The molecule has 1 spiro atoms. The first kappa shape index (κ1) is 21.5. The molecule has 0 aliphatic carbocycles. The van der Waals surface area contributed by atoms with E-state index in [0.717, 1.165) is 36.8 Å². The van der Waals surface area contributed by atoms with Gasteiger partial charge in [0.25, 0.3) is 0 Å². The van der Waals surface area contributed by atoms with Crippen molar-refractivity contribution in [2.75, 3.05) is 57.9 Å². The van der Waals surface area contributed by atoms with E-state index < -0.39 is 6.61 Å². The number of likely N-dealkylation sites (tertiary alicyclic amines) is 2. The van der Waals surface area contributed by atoms with E-state index in [4.69, 9.17) is 4.74 Å². The molecule has 4 rings (SSSR count). The van der Waals surface area contributed by atoms with Gasteiger partial charge in [-0.3, -0.25) is 9.89 Å². The number of alkyl halides is 2. The molecule has 3 heterocycles. The molecule has 2 saturated heterocycles. The molecule has 2 fully saturated rings. The van der Waals surface area contributed by atoms with Crippen LogP contribution in [0.3, 0.4) is 0 Å². The zero-order valence-electron chi connectivity index (χ0n) is 17.9. The number of carbonyl (C=O) groups excluding carboxylic acids is 1. The van der Waals surface area contributed by atoms with Crippen molar-refractivity contribution in [3.63, 3.8) is 0 Å². The van der Waals surface area contributed by atoms with Crippen molar-refractivity contribution < 1.29 is 23.0 Å². The lowest BCUT2D eigenvalue weighted by Crippen LogP contribution is -2.74. The summed E-state index contributed by atoms with van der Waals surface area (Å²) in [7, 11) is 1.68. The molecule has 0 N–H and O–H groups in total. The molecule has 7 nitrogen and oxygen atoms in total. The Morgan fingerprint density at radius 1 is 1.29 bits per heavy atom. The van der Waals surface area contributed by atoms with Gasteiger partial charge < -0.3 is 19.3 Å². The van der Waals surface area contributed by atoms with Gasteiger partial charge in [-0.25, -0.2) is 4.79 Å². The third-order valence-electron chi connectivity index (χ3n) is 6.04. The number of carbonyl (C=O) groups is 1. The fourth-order valence-electron chi connectivity index (χ4n) is 4.48. The van der Waals surface area contributed by atoms with Crippen molar-refractivity contribution in [3.8, 4) is 5.75 Å². The first-order valence-corrected chi connectivity index (χ1v) is 10.5. The molecule has 2 amide bonds. The van der Waals surface area contributed by atoms with E-state index in [0.29, 0.717) is 26.2 Å². The van der Waals surface area contributed by atoms with E-state index in [1.54, 1.807) is 13.1 Å². The van der Waals surface area contributed by atoms with Gasteiger partial charge in [0.2, 0.25) is 0 Å². The number of rotatable bonds is 5. The number of aryl methyl sites for hydroxylation is 1. The second kappa shape index (κ2) is 8.82. The van der Waals surface area contributed by atoms with Gasteiger partial charge in [-0.1, -0.05) is 19.1 Å². The van der Waals surface area contributed by atoms with E-state index in [2.05, 4.69) is 21.6 Å². The molecule has 0 bridgehead atoms. The smallest absolute Gasteiger partial charge is 0.345 e. The van der Waals surface area contributed by atoms with Crippen molar-refractivity contribution in [3.05, 3.63) is 35.9 Å². The van der Waals surface area contributed by atoms with Crippen LogP contribution < -0.4 is 9.64 Å². The third-order valence-corrected chi connectivity index (χ3v) is 6.04. The summed E-state index contributed by atoms with van der Waals surface area (Å²) < 4.78 is 34.1. The molecule has 9 heteroatoms. The molecule has 0 unspecified atom stereocenters. The molecule has 3 aliphatic heterocycles. The number of anilines is 1. The Bertz CT molecular complexity index is 876. The van der Waals surface area contributed by atoms with Crippen molar-refractivity contribution >= 4 is 17.6 Å². The van der Waals surface area contributed by atoms with Crippen LogP contribution >= 0.6 is 0 Å². The maximum Gasteiger partial charge on any atom is 0.345 e. The van der Waals surface area contributed by atoms with E-state index in [-0.39, 0.29) is 18.1 Å². The lowest BCUT2D eigenvalue weighted by atomic mass is 9.73. The molecule has 1 aromatic rings. The number of amides is 2. The Kier molecular flexibility index (Phi) is 6.13. The standard InChI is InChI=1S/C22H28F2N4O3/c1-3-16-6-7-17-18(11-16)30-10-8-28(17)21(29)27-14-22(15-27)12-26(13-22)19(25-2)5-4-9-31-20(23)24/h4-7,11,20H,3,8-10,12-15H2,1-2H3/b5-4-,25-19+. The van der Waals surface area contributed by atoms with Gasteiger partial charge in [0.05, 0.1) is 18.8 Å². The summed E-state index contributed by atoms with van der Waals surface area (Å²) in [5.41, 5.74) is 2.11. The van der Waals surface area contributed by atoms with E-state index in [1.165, 1.54) is 11.6 Å². The van der Waals surface area contributed by atoms with Crippen LogP contribution in [0.1, 0.15) is 12.5 Å². The van der Waals surface area contributed by atoms with Crippen LogP contribution in [0.2, 0.25) is 0 Å². The number of benzene rings is 1. The number of nitrogens with zero attached hydrogens (tertiary/aromatic N) is 4. The fraction of sp³-hybridized carbons (Fsp3) is 0.545. The second-order valence-corrected chi connectivity index (χ2v) is 8.23. The molecular weight excluding hydrogens is 406 g/mol. The van der Waals surface area contributed by atoms with Crippen molar-refractivity contribution in [2.24, 2.45) is 10.4 Å². The minimum atomic E-state index is -2.77. The summed E-state index contributed by atoms with van der Waals surface area (Å²) >= 11 is 0. The van der Waals surface area contributed by atoms with Crippen molar-refractivity contribution in [1.29, 1.82) is 0 Å². The summed E-state index contributed by atoms with van der Waals surface area (Å²) in [5, 5.41) is 0. The predicted octanol–water partition coefficient (Wildman–Crippen LogP) is 3.01. The number of fused-ring (bicyclic) bond motifs is 1. The summed E-state index contributed by atoms with van der Waals surface area (Å²) in [5.74, 6) is 1.51. The second-order valence-electron chi connectivity index (χ2n) is 8.23. The number of aliphatic imine (C=N–C) groups is 1. The van der Waals surface area contributed by atoms with E-state index in [9.17, 15) is 13.6 Å². The summed E-state index contributed by atoms with van der Waals surface area (Å²) in [6, 6.07) is 6.05. The van der Waals surface area contributed by atoms with Gasteiger partial charge >= 0.3 is 12.6 Å². The zero-order valence-corrected chi connectivity index (χ0v) is 17.9. The van der Waals surface area contributed by atoms with Gasteiger partial charge in [-0.05, 0) is 30.2 Å². The van der Waals surface area contributed by atoms with Crippen LogP contribution in [0.25, 0.3) is 0 Å². The highest BCUT2D eigenvalue weighted by atomic mass is 19.3. The molecule has 31 heavy (non-hydrogen) atoms. The number of hydrogen-bond acceptors (Lipinski definition) is 4. The molecule has 1 aromatic carbocycles. The molecule has 0 saturated carbocycles. The Labute approximate surface area is 180 Å². The fourth-order valence-corrected chi connectivity index (χ4v) is 4.48. The highest BCUT2D eigenvalue weighted by Crippen LogP contribution is 2.41. The quantitative estimate of drug-likeness (QED) is 0.528. The largest absolute Gasteiger partial charge is 0.490 e. The molecule has 3 aliphatic rings. The Balaban J connectivity index is 1.30. The van der Waals surface area contributed by atoms with Crippen LogP contribution in [0, 0.1) is 5.41 Å². The normalized spacial score (nSPS) is 20.0. The SMILES string of the molecule is CCc1ccc2c(c1)OCCN2C(=O)N1CC2(C1)CN(C(/C=C\COC(F)F)=N/C)C2. The first-order chi connectivity index (χ1) is 14.9. The zero-order chi connectivity index (χ0) is 22.0. The van der Waals surface area contributed by atoms with Crippen molar-refractivity contribution in [1.82, 2.24) is 9.80 Å². The number of halogens is 2. The maximum atomic E-state index is 13.1. The Morgan fingerprint density at radius 2 is 2.03 bits per heavy atom. The molecule has 0 atom stereocenters. The maximum absolute atomic E-state index is 13.1. The van der Waals surface area contributed by atoms with Crippen LogP contribution in [0.15, 0.2) is 35.3 Å². The van der Waals surface area contributed by atoms with Crippen LogP contribution in [0.5, 0.6) is 5.75 Å². The third kappa shape index (κ3) is 4.37. The van der Waals surface area contributed by atoms with Crippen molar-refractivity contribution in [2.45, 2.75) is 20.0 Å². The number of hydrogen-bond donors (Lipinski definition) is 0. The van der Waals surface area contributed by atoms with E-state index in [1.807, 2.05) is 28.0 Å². The highest BCUT2D eigenvalue weighted by Gasteiger charge is 2.54. The molecule has 0 aromatic heterocycles. The van der Waals surface area contributed by atoms with E-state index >= 15 is 0 Å². The Morgan fingerprint density at radius 3 is 2.71 bits per heavy atom. The van der Waals surface area contributed by atoms with Gasteiger partial charge in [0.1, 0.15) is 18.2 Å². The summed E-state index contributed by atoms with van der Waals surface area (Å²) in [4.78, 5) is 23.1. The average Bonchev–Trinajstić information content (AvgIpc) is 2.71.